The molecule has 0 bridgehead atoms. The zero-order valence-electron chi connectivity index (χ0n) is 17.6. The molecule has 1 fully saturated rings. The van der Waals surface area contributed by atoms with Crippen LogP contribution in [0.2, 0.25) is 0 Å². The molecular weight excluding hydrogens is 362 g/mol. The van der Waals surface area contributed by atoms with Gasteiger partial charge in [-0.15, -0.1) is 0 Å². The molecule has 1 aliphatic heterocycles. The summed E-state index contributed by atoms with van der Waals surface area (Å²) in [5.41, 5.74) is 6.56. The number of rotatable bonds is 5. The van der Waals surface area contributed by atoms with Crippen molar-refractivity contribution in [1.82, 2.24) is 25.0 Å². The Morgan fingerprint density at radius 1 is 1.14 bits per heavy atom. The Morgan fingerprint density at radius 2 is 2.03 bits per heavy atom. The average Bonchev–Trinajstić information content (AvgIpc) is 2.90. The summed E-state index contributed by atoms with van der Waals surface area (Å²) < 4.78 is 5.31. The van der Waals surface area contributed by atoms with E-state index in [0.29, 0.717) is 5.92 Å². The molecule has 3 aromatic heterocycles. The van der Waals surface area contributed by atoms with Gasteiger partial charge in [0.15, 0.2) is 0 Å². The smallest absolute Gasteiger partial charge is 0.143 e. The lowest BCUT2D eigenvalue weighted by Gasteiger charge is -2.21. The fraction of sp³-hybridized carbons (Fsp3) is 0.478. The SMILES string of the molecule is Cc1cnccc1CN1CCCC(Cc2cc(-c3c(C)noc3C)ncn2)CC1. The second-order valence-corrected chi connectivity index (χ2v) is 8.17. The molecule has 6 nitrogen and oxygen atoms in total. The molecule has 1 saturated heterocycles. The van der Waals surface area contributed by atoms with E-state index < -0.39 is 0 Å². The number of likely N-dealkylation sites (tertiary alicyclic amines) is 1. The van der Waals surface area contributed by atoms with Crippen LogP contribution in [0.5, 0.6) is 0 Å². The summed E-state index contributed by atoms with van der Waals surface area (Å²) in [4.78, 5) is 15.8. The maximum absolute atomic E-state index is 5.31. The second kappa shape index (κ2) is 8.82. The Balaban J connectivity index is 1.39. The third-order valence-electron chi connectivity index (χ3n) is 5.98. The van der Waals surface area contributed by atoms with E-state index in [1.54, 1.807) is 6.33 Å². The van der Waals surface area contributed by atoms with Crippen LogP contribution in [0.1, 0.15) is 47.5 Å². The fourth-order valence-corrected chi connectivity index (χ4v) is 4.30. The van der Waals surface area contributed by atoms with Crippen LogP contribution in [0.4, 0.5) is 0 Å². The summed E-state index contributed by atoms with van der Waals surface area (Å²) in [6.07, 6.45) is 10.2. The van der Waals surface area contributed by atoms with E-state index in [0.717, 1.165) is 54.5 Å². The molecule has 29 heavy (non-hydrogen) atoms. The number of aryl methyl sites for hydroxylation is 3. The minimum Gasteiger partial charge on any atom is -0.361 e. The molecule has 6 heteroatoms. The van der Waals surface area contributed by atoms with Gasteiger partial charge in [0.25, 0.3) is 0 Å². The molecule has 0 amide bonds. The van der Waals surface area contributed by atoms with Crippen molar-refractivity contribution in [1.29, 1.82) is 0 Å². The topological polar surface area (TPSA) is 67.9 Å². The van der Waals surface area contributed by atoms with E-state index in [4.69, 9.17) is 4.52 Å². The van der Waals surface area contributed by atoms with Gasteiger partial charge in [0.2, 0.25) is 0 Å². The first kappa shape index (κ1) is 19.7. The zero-order chi connectivity index (χ0) is 20.2. The minimum absolute atomic E-state index is 0.658. The van der Waals surface area contributed by atoms with Crippen molar-refractivity contribution in [3.63, 3.8) is 0 Å². The summed E-state index contributed by atoms with van der Waals surface area (Å²) in [5.74, 6) is 1.47. The number of pyridine rings is 1. The van der Waals surface area contributed by atoms with Gasteiger partial charge in [-0.3, -0.25) is 9.88 Å². The molecule has 0 saturated carbocycles. The molecule has 0 aliphatic carbocycles. The highest BCUT2D eigenvalue weighted by molar-refractivity contribution is 5.63. The van der Waals surface area contributed by atoms with Crippen LogP contribution in [0.3, 0.4) is 0 Å². The summed E-state index contributed by atoms with van der Waals surface area (Å²) in [6.45, 7) is 9.35. The van der Waals surface area contributed by atoms with Crippen LogP contribution in [0.25, 0.3) is 11.3 Å². The number of nitrogens with zero attached hydrogens (tertiary/aromatic N) is 5. The van der Waals surface area contributed by atoms with Gasteiger partial charge in [0.1, 0.15) is 12.1 Å². The van der Waals surface area contributed by atoms with Gasteiger partial charge in [0, 0.05) is 24.6 Å². The Kier molecular flexibility index (Phi) is 6.00. The largest absolute Gasteiger partial charge is 0.361 e. The quantitative estimate of drug-likeness (QED) is 0.646. The van der Waals surface area contributed by atoms with E-state index in [2.05, 4.69) is 44.1 Å². The van der Waals surface area contributed by atoms with Crippen LogP contribution in [-0.2, 0) is 13.0 Å². The van der Waals surface area contributed by atoms with Crippen molar-refractivity contribution in [3.05, 3.63) is 59.1 Å². The Morgan fingerprint density at radius 3 is 2.83 bits per heavy atom. The van der Waals surface area contributed by atoms with Crippen LogP contribution in [-0.4, -0.2) is 38.1 Å². The Hall–Kier alpha value is -2.60. The van der Waals surface area contributed by atoms with Crippen molar-refractivity contribution in [2.45, 2.75) is 53.0 Å². The van der Waals surface area contributed by atoms with E-state index in [1.807, 2.05) is 26.2 Å². The van der Waals surface area contributed by atoms with Crippen molar-refractivity contribution < 1.29 is 4.52 Å². The molecule has 1 aliphatic rings. The van der Waals surface area contributed by atoms with E-state index in [-0.39, 0.29) is 0 Å². The number of aromatic nitrogens is 4. The third kappa shape index (κ3) is 4.70. The van der Waals surface area contributed by atoms with Gasteiger partial charge >= 0.3 is 0 Å². The highest BCUT2D eigenvalue weighted by atomic mass is 16.5. The lowest BCUT2D eigenvalue weighted by atomic mass is 9.94. The fourth-order valence-electron chi connectivity index (χ4n) is 4.30. The van der Waals surface area contributed by atoms with E-state index in [9.17, 15) is 0 Å². The highest BCUT2D eigenvalue weighted by Crippen LogP contribution is 2.27. The monoisotopic (exact) mass is 391 g/mol. The van der Waals surface area contributed by atoms with Crippen molar-refractivity contribution in [2.75, 3.05) is 13.1 Å². The first-order chi connectivity index (χ1) is 14.1. The summed E-state index contributed by atoms with van der Waals surface area (Å²) in [7, 11) is 0. The maximum Gasteiger partial charge on any atom is 0.143 e. The predicted octanol–water partition coefficient (Wildman–Crippen LogP) is 4.30. The van der Waals surface area contributed by atoms with Crippen molar-refractivity contribution in [2.24, 2.45) is 5.92 Å². The molecule has 3 aromatic rings. The standard InChI is InChI=1S/C23H29N5O/c1-16-13-24-8-6-20(16)14-28-9-4-5-19(7-10-28)11-21-12-22(26-15-25-21)23-17(2)27-29-18(23)3/h6,8,12-13,15,19H,4-5,7,9-11,14H2,1-3H3. The molecule has 1 unspecified atom stereocenters. The summed E-state index contributed by atoms with van der Waals surface area (Å²) >= 11 is 0. The predicted molar refractivity (Wildman–Crippen MR) is 112 cm³/mol. The Labute approximate surface area is 172 Å². The summed E-state index contributed by atoms with van der Waals surface area (Å²) in [6, 6.07) is 4.25. The minimum atomic E-state index is 0.658. The molecule has 0 N–H and O–H groups in total. The van der Waals surface area contributed by atoms with Gasteiger partial charge in [-0.05, 0) is 88.7 Å². The first-order valence-electron chi connectivity index (χ1n) is 10.5. The highest BCUT2D eigenvalue weighted by Gasteiger charge is 2.20. The van der Waals surface area contributed by atoms with Gasteiger partial charge in [-0.25, -0.2) is 9.97 Å². The van der Waals surface area contributed by atoms with Gasteiger partial charge < -0.3 is 4.52 Å². The lowest BCUT2D eigenvalue weighted by molar-refractivity contribution is 0.271. The average molecular weight is 392 g/mol. The van der Waals surface area contributed by atoms with Crippen LogP contribution < -0.4 is 0 Å². The molecule has 4 rings (SSSR count). The Bertz CT molecular complexity index is 948. The van der Waals surface area contributed by atoms with Crippen LogP contribution in [0.15, 0.2) is 35.4 Å². The first-order valence-corrected chi connectivity index (χ1v) is 10.5. The van der Waals surface area contributed by atoms with Crippen molar-refractivity contribution in [3.8, 4) is 11.3 Å². The third-order valence-corrected chi connectivity index (χ3v) is 5.98. The van der Waals surface area contributed by atoms with Crippen molar-refractivity contribution >= 4 is 0 Å². The van der Waals surface area contributed by atoms with E-state index in [1.165, 1.54) is 30.4 Å². The molecular formula is C23H29N5O. The van der Waals surface area contributed by atoms with Gasteiger partial charge in [-0.2, -0.15) is 0 Å². The van der Waals surface area contributed by atoms with Crippen LogP contribution >= 0.6 is 0 Å². The van der Waals surface area contributed by atoms with Gasteiger partial charge in [-0.1, -0.05) is 5.16 Å². The molecule has 0 radical (unpaired) electrons. The van der Waals surface area contributed by atoms with Crippen LogP contribution in [0, 0.1) is 26.7 Å². The molecule has 0 aromatic carbocycles. The van der Waals surface area contributed by atoms with Gasteiger partial charge in [0.05, 0.1) is 17.0 Å². The summed E-state index contributed by atoms with van der Waals surface area (Å²) in [5, 5.41) is 4.05. The normalized spacial score (nSPS) is 18.0. The zero-order valence-corrected chi connectivity index (χ0v) is 17.6. The molecule has 152 valence electrons. The number of hydrogen-bond donors (Lipinski definition) is 0. The maximum atomic E-state index is 5.31. The lowest BCUT2D eigenvalue weighted by Crippen LogP contribution is -2.24. The molecule has 1 atom stereocenters. The molecule has 4 heterocycles. The second-order valence-electron chi connectivity index (χ2n) is 8.17. The number of hydrogen-bond acceptors (Lipinski definition) is 6. The molecule has 0 spiro atoms. The van der Waals surface area contributed by atoms with E-state index >= 15 is 0 Å².